The number of ether oxygens (including phenoxy) is 1. The first-order valence-corrected chi connectivity index (χ1v) is 9.68. The number of benzene rings is 2. The molecule has 2 N–H and O–H groups in total. The second-order valence-electron chi connectivity index (χ2n) is 6.93. The number of amides is 3. The van der Waals surface area contributed by atoms with E-state index in [9.17, 15) is 9.59 Å². The van der Waals surface area contributed by atoms with Crippen molar-refractivity contribution in [2.45, 2.75) is 31.7 Å². The standard InChI is InChI=1S/C22H27N3O3/c1-28-20-10-6-5-7-17(20)11-12-21(26)25-15-13-19(14-16-25)24-22(27)23-18-8-3-2-4-9-18/h2-10,19H,11-16H2,1H3,(H2,23,24,27). The van der Waals surface area contributed by atoms with Gasteiger partial charge in [-0.2, -0.15) is 0 Å². The van der Waals surface area contributed by atoms with E-state index in [1.165, 1.54) is 0 Å². The lowest BCUT2D eigenvalue weighted by molar-refractivity contribution is -0.132. The van der Waals surface area contributed by atoms with Crippen molar-refractivity contribution < 1.29 is 14.3 Å². The van der Waals surface area contributed by atoms with Gasteiger partial charge in [-0.25, -0.2) is 4.79 Å². The average Bonchev–Trinajstić information content (AvgIpc) is 2.73. The van der Waals surface area contributed by atoms with E-state index >= 15 is 0 Å². The number of nitrogens with one attached hydrogen (secondary N) is 2. The highest BCUT2D eigenvalue weighted by Crippen LogP contribution is 2.20. The normalized spacial score (nSPS) is 14.4. The van der Waals surface area contributed by atoms with Gasteiger partial charge in [0, 0.05) is 31.2 Å². The maximum atomic E-state index is 12.5. The molecule has 1 saturated heterocycles. The molecular weight excluding hydrogens is 354 g/mol. The van der Waals surface area contributed by atoms with Gasteiger partial charge in [-0.15, -0.1) is 0 Å². The Kier molecular flexibility index (Phi) is 6.89. The topological polar surface area (TPSA) is 70.7 Å². The molecule has 1 fully saturated rings. The maximum Gasteiger partial charge on any atom is 0.319 e. The number of hydrogen-bond acceptors (Lipinski definition) is 3. The summed E-state index contributed by atoms with van der Waals surface area (Å²) < 4.78 is 5.35. The van der Waals surface area contributed by atoms with Crippen molar-refractivity contribution in [1.29, 1.82) is 0 Å². The number of carbonyl (C=O) groups excluding carboxylic acids is 2. The molecule has 1 aliphatic rings. The minimum Gasteiger partial charge on any atom is -0.496 e. The molecule has 0 bridgehead atoms. The Hall–Kier alpha value is -3.02. The fourth-order valence-corrected chi connectivity index (χ4v) is 3.46. The van der Waals surface area contributed by atoms with Gasteiger partial charge in [0.15, 0.2) is 0 Å². The van der Waals surface area contributed by atoms with Crippen LogP contribution in [0.15, 0.2) is 54.6 Å². The number of methoxy groups -OCH3 is 1. The summed E-state index contributed by atoms with van der Waals surface area (Å²) in [6, 6.07) is 17.0. The number of piperidine rings is 1. The molecular formula is C22H27N3O3. The van der Waals surface area contributed by atoms with Crippen molar-refractivity contribution in [1.82, 2.24) is 10.2 Å². The van der Waals surface area contributed by atoms with Crippen LogP contribution in [0.1, 0.15) is 24.8 Å². The quantitative estimate of drug-likeness (QED) is 0.805. The second kappa shape index (κ2) is 9.78. The van der Waals surface area contributed by atoms with Crippen LogP contribution >= 0.6 is 0 Å². The van der Waals surface area contributed by atoms with Crippen LogP contribution in [0.2, 0.25) is 0 Å². The first-order chi connectivity index (χ1) is 13.7. The molecule has 6 heteroatoms. The molecule has 28 heavy (non-hydrogen) atoms. The van der Waals surface area contributed by atoms with Crippen LogP contribution in [0.25, 0.3) is 0 Å². The molecule has 3 amide bonds. The van der Waals surface area contributed by atoms with Crippen molar-refractivity contribution in [3.63, 3.8) is 0 Å². The molecule has 6 nitrogen and oxygen atoms in total. The highest BCUT2D eigenvalue weighted by atomic mass is 16.5. The highest BCUT2D eigenvalue weighted by Gasteiger charge is 2.23. The van der Waals surface area contributed by atoms with Crippen molar-refractivity contribution in [3.05, 3.63) is 60.2 Å². The minimum atomic E-state index is -0.202. The molecule has 1 aliphatic heterocycles. The number of hydrogen-bond donors (Lipinski definition) is 2. The fourth-order valence-electron chi connectivity index (χ4n) is 3.46. The van der Waals surface area contributed by atoms with Crippen LogP contribution in [0.3, 0.4) is 0 Å². The van der Waals surface area contributed by atoms with E-state index < -0.39 is 0 Å². The number of likely N-dealkylation sites (tertiary alicyclic amines) is 1. The van der Waals surface area contributed by atoms with Crippen molar-refractivity contribution >= 4 is 17.6 Å². The molecule has 148 valence electrons. The molecule has 0 aliphatic carbocycles. The summed E-state index contributed by atoms with van der Waals surface area (Å²) in [5.74, 6) is 0.973. The largest absolute Gasteiger partial charge is 0.496 e. The second-order valence-corrected chi connectivity index (χ2v) is 6.93. The van der Waals surface area contributed by atoms with E-state index in [2.05, 4.69) is 10.6 Å². The molecule has 0 aromatic heterocycles. The van der Waals surface area contributed by atoms with Crippen molar-refractivity contribution in [3.8, 4) is 5.75 Å². The van der Waals surface area contributed by atoms with E-state index in [0.29, 0.717) is 25.9 Å². The Morgan fingerprint density at radius 2 is 1.71 bits per heavy atom. The van der Waals surface area contributed by atoms with Gasteiger partial charge in [0.05, 0.1) is 7.11 Å². The Labute approximate surface area is 165 Å². The first kappa shape index (κ1) is 19.7. The van der Waals surface area contributed by atoms with Gasteiger partial charge in [0.25, 0.3) is 0 Å². The molecule has 1 heterocycles. The maximum absolute atomic E-state index is 12.5. The van der Waals surface area contributed by atoms with Gasteiger partial charge >= 0.3 is 6.03 Å². The predicted octanol–water partition coefficient (Wildman–Crippen LogP) is 3.44. The Morgan fingerprint density at radius 3 is 2.43 bits per heavy atom. The van der Waals surface area contributed by atoms with Gasteiger partial charge in [0.1, 0.15) is 5.75 Å². The zero-order valence-electron chi connectivity index (χ0n) is 16.2. The molecule has 0 unspecified atom stereocenters. The summed E-state index contributed by atoms with van der Waals surface area (Å²) in [5.41, 5.74) is 1.82. The van der Waals surface area contributed by atoms with Gasteiger partial charge < -0.3 is 20.3 Å². The number of nitrogens with zero attached hydrogens (tertiary/aromatic N) is 1. The van der Waals surface area contributed by atoms with Crippen molar-refractivity contribution in [2.24, 2.45) is 0 Å². The molecule has 0 spiro atoms. The van der Waals surface area contributed by atoms with E-state index in [4.69, 9.17) is 4.74 Å². The van der Waals surface area contributed by atoms with Crippen LogP contribution in [0.5, 0.6) is 5.75 Å². The zero-order valence-corrected chi connectivity index (χ0v) is 16.2. The Balaban J connectivity index is 1.40. The van der Waals surface area contributed by atoms with Gasteiger partial charge in [-0.1, -0.05) is 36.4 Å². The van der Waals surface area contributed by atoms with Gasteiger partial charge in [-0.3, -0.25) is 4.79 Å². The Morgan fingerprint density at radius 1 is 1.04 bits per heavy atom. The summed E-state index contributed by atoms with van der Waals surface area (Å²) in [6.07, 6.45) is 2.67. The fraction of sp³-hybridized carbons (Fsp3) is 0.364. The summed E-state index contributed by atoms with van der Waals surface area (Å²) in [4.78, 5) is 26.5. The third-order valence-corrected chi connectivity index (χ3v) is 5.02. The molecule has 0 atom stereocenters. The number of para-hydroxylation sites is 2. The number of aryl methyl sites for hydroxylation is 1. The van der Waals surface area contributed by atoms with Crippen LogP contribution < -0.4 is 15.4 Å². The molecule has 0 radical (unpaired) electrons. The smallest absolute Gasteiger partial charge is 0.319 e. The summed E-state index contributed by atoms with van der Waals surface area (Å²) in [6.45, 7) is 1.34. The summed E-state index contributed by atoms with van der Waals surface area (Å²) in [7, 11) is 1.65. The summed E-state index contributed by atoms with van der Waals surface area (Å²) in [5, 5.41) is 5.83. The van der Waals surface area contributed by atoms with E-state index in [-0.39, 0.29) is 18.0 Å². The monoisotopic (exact) mass is 381 g/mol. The van der Waals surface area contributed by atoms with Gasteiger partial charge in [-0.05, 0) is 43.0 Å². The Bertz CT molecular complexity index is 787. The first-order valence-electron chi connectivity index (χ1n) is 9.68. The van der Waals surface area contributed by atoms with Gasteiger partial charge in [0.2, 0.25) is 5.91 Å². The molecule has 2 aromatic carbocycles. The van der Waals surface area contributed by atoms with Crippen LogP contribution in [-0.4, -0.2) is 43.1 Å². The highest BCUT2D eigenvalue weighted by molar-refractivity contribution is 5.89. The van der Waals surface area contributed by atoms with E-state index in [0.717, 1.165) is 29.8 Å². The average molecular weight is 381 g/mol. The number of anilines is 1. The number of urea groups is 1. The lowest BCUT2D eigenvalue weighted by Crippen LogP contribution is -2.47. The van der Waals surface area contributed by atoms with Crippen LogP contribution in [0, 0.1) is 0 Å². The van der Waals surface area contributed by atoms with Crippen LogP contribution in [-0.2, 0) is 11.2 Å². The predicted molar refractivity (Wildman–Crippen MR) is 110 cm³/mol. The van der Waals surface area contributed by atoms with Crippen molar-refractivity contribution in [2.75, 3.05) is 25.5 Å². The zero-order chi connectivity index (χ0) is 19.8. The molecule has 2 aromatic rings. The number of carbonyl (C=O) groups is 2. The lowest BCUT2D eigenvalue weighted by Gasteiger charge is -2.32. The van der Waals surface area contributed by atoms with E-state index in [1.807, 2.05) is 59.5 Å². The molecule has 0 saturated carbocycles. The SMILES string of the molecule is COc1ccccc1CCC(=O)N1CCC(NC(=O)Nc2ccccc2)CC1. The van der Waals surface area contributed by atoms with E-state index in [1.54, 1.807) is 7.11 Å². The van der Waals surface area contributed by atoms with Crippen LogP contribution in [0.4, 0.5) is 10.5 Å². The lowest BCUT2D eigenvalue weighted by atomic mass is 10.0. The molecule has 3 rings (SSSR count). The summed E-state index contributed by atoms with van der Waals surface area (Å²) >= 11 is 0. The third kappa shape index (κ3) is 5.49. The minimum absolute atomic E-state index is 0.0852. The third-order valence-electron chi connectivity index (χ3n) is 5.02. The number of rotatable bonds is 6.